The Bertz CT molecular complexity index is 1100. The number of anilines is 1. The summed E-state index contributed by atoms with van der Waals surface area (Å²) in [5.41, 5.74) is 5.37. The molecule has 1 aromatic carbocycles. The second-order valence-electron chi connectivity index (χ2n) is 6.34. The number of ether oxygens (including phenoxy) is 1. The Kier molecular flexibility index (Phi) is 4.85. The highest BCUT2D eigenvalue weighted by Crippen LogP contribution is 2.32. The van der Waals surface area contributed by atoms with E-state index in [-0.39, 0.29) is 0 Å². The Morgan fingerprint density at radius 3 is 2.75 bits per heavy atom. The van der Waals surface area contributed by atoms with Crippen molar-refractivity contribution in [3.05, 3.63) is 96.2 Å². The van der Waals surface area contributed by atoms with E-state index < -0.39 is 0 Å². The van der Waals surface area contributed by atoms with Gasteiger partial charge in [0.15, 0.2) is 0 Å². The van der Waals surface area contributed by atoms with E-state index in [1.54, 1.807) is 25.7 Å². The van der Waals surface area contributed by atoms with Gasteiger partial charge in [0.25, 0.3) is 0 Å². The molecule has 4 rings (SSSR count). The van der Waals surface area contributed by atoms with Crippen LogP contribution in [0.3, 0.4) is 0 Å². The summed E-state index contributed by atoms with van der Waals surface area (Å²) in [6.45, 7) is 0.615. The number of allylic oxidation sites excluding steroid dienone is 2. The molecule has 0 saturated carbocycles. The summed E-state index contributed by atoms with van der Waals surface area (Å²) in [6.07, 6.45) is 9.41. The van der Waals surface area contributed by atoms with Gasteiger partial charge in [-0.15, -0.1) is 0 Å². The van der Waals surface area contributed by atoms with Gasteiger partial charge in [0.1, 0.15) is 5.75 Å². The van der Waals surface area contributed by atoms with Crippen molar-refractivity contribution in [2.24, 2.45) is 0 Å². The lowest BCUT2D eigenvalue weighted by Crippen LogP contribution is -2.23. The molecule has 0 radical (unpaired) electrons. The zero-order valence-electron chi connectivity index (χ0n) is 15.4. The Morgan fingerprint density at radius 2 is 1.96 bits per heavy atom. The van der Waals surface area contributed by atoms with Crippen molar-refractivity contribution >= 4 is 16.8 Å². The van der Waals surface area contributed by atoms with Crippen LogP contribution in [0.25, 0.3) is 11.1 Å². The highest BCUT2D eigenvalue weighted by atomic mass is 16.5. The van der Waals surface area contributed by atoms with Crippen LogP contribution in [0.4, 0.5) is 5.69 Å². The van der Waals surface area contributed by atoms with Crippen LogP contribution in [0.5, 0.6) is 5.75 Å². The van der Waals surface area contributed by atoms with Crippen molar-refractivity contribution in [2.45, 2.75) is 0 Å². The third kappa shape index (κ3) is 3.49. The third-order valence-corrected chi connectivity index (χ3v) is 4.59. The van der Waals surface area contributed by atoms with E-state index in [0.29, 0.717) is 17.9 Å². The number of rotatable bonds is 4. The van der Waals surface area contributed by atoms with Gasteiger partial charge in [0.05, 0.1) is 42.5 Å². The Labute approximate surface area is 163 Å². The number of methoxy groups -OCH3 is 1. The standard InChI is InChI=1S/C23H18N4O/c1-28-21-11-20(13-25-14-21)27-15-18(22-7-3-2-6-17(22)12-24)10-19(16-27)23-8-4-5-9-26-23/h2-11,13-14,16H,15H2,1H3. The largest absolute Gasteiger partial charge is 0.495 e. The van der Waals surface area contributed by atoms with E-state index in [2.05, 4.69) is 33.2 Å². The Morgan fingerprint density at radius 1 is 1.11 bits per heavy atom. The average molecular weight is 366 g/mol. The van der Waals surface area contributed by atoms with Gasteiger partial charge in [0, 0.05) is 30.6 Å². The van der Waals surface area contributed by atoms with Gasteiger partial charge in [-0.05, 0) is 35.4 Å². The molecule has 1 aliphatic rings. The molecule has 3 aromatic rings. The van der Waals surface area contributed by atoms with Crippen LogP contribution in [0.15, 0.2) is 79.4 Å². The third-order valence-electron chi connectivity index (χ3n) is 4.59. The normalized spacial score (nSPS) is 13.4. The maximum atomic E-state index is 9.54. The summed E-state index contributed by atoms with van der Waals surface area (Å²) >= 11 is 0. The van der Waals surface area contributed by atoms with Gasteiger partial charge in [-0.25, -0.2) is 0 Å². The predicted octanol–water partition coefficient (Wildman–Crippen LogP) is 4.30. The molecule has 5 nitrogen and oxygen atoms in total. The van der Waals surface area contributed by atoms with Crippen LogP contribution in [0.2, 0.25) is 0 Å². The molecule has 0 N–H and O–H groups in total. The highest BCUT2D eigenvalue weighted by molar-refractivity contribution is 5.89. The Hall–Kier alpha value is -3.91. The number of hydrogen-bond donors (Lipinski definition) is 0. The van der Waals surface area contributed by atoms with Gasteiger partial charge in [0.2, 0.25) is 0 Å². The van der Waals surface area contributed by atoms with E-state index in [9.17, 15) is 5.26 Å². The molecule has 3 heterocycles. The number of nitrogens with zero attached hydrogens (tertiary/aromatic N) is 4. The van der Waals surface area contributed by atoms with Crippen LogP contribution in [0.1, 0.15) is 16.8 Å². The van der Waals surface area contributed by atoms with Crippen molar-refractivity contribution in [3.63, 3.8) is 0 Å². The van der Waals surface area contributed by atoms with Crippen molar-refractivity contribution in [3.8, 4) is 11.8 Å². The second kappa shape index (κ2) is 7.77. The first-order valence-electron chi connectivity index (χ1n) is 8.87. The van der Waals surface area contributed by atoms with Gasteiger partial charge in [-0.2, -0.15) is 5.26 Å². The van der Waals surface area contributed by atoms with Crippen molar-refractivity contribution in [2.75, 3.05) is 18.6 Å². The number of pyridine rings is 2. The summed E-state index contributed by atoms with van der Waals surface area (Å²) in [5.74, 6) is 0.693. The molecule has 0 amide bonds. The van der Waals surface area contributed by atoms with Crippen LogP contribution >= 0.6 is 0 Å². The summed E-state index contributed by atoms with van der Waals surface area (Å²) in [7, 11) is 1.63. The lowest BCUT2D eigenvalue weighted by Gasteiger charge is -2.28. The van der Waals surface area contributed by atoms with Gasteiger partial charge < -0.3 is 9.64 Å². The minimum atomic E-state index is 0.615. The lowest BCUT2D eigenvalue weighted by molar-refractivity contribution is 0.413. The van der Waals surface area contributed by atoms with Gasteiger partial charge >= 0.3 is 0 Å². The van der Waals surface area contributed by atoms with Crippen LogP contribution in [-0.2, 0) is 0 Å². The summed E-state index contributed by atoms with van der Waals surface area (Å²) in [4.78, 5) is 10.9. The molecular formula is C23H18N4O. The van der Waals surface area contributed by atoms with Gasteiger partial charge in [-0.3, -0.25) is 9.97 Å². The predicted molar refractivity (Wildman–Crippen MR) is 109 cm³/mol. The first-order chi connectivity index (χ1) is 13.8. The first-order valence-corrected chi connectivity index (χ1v) is 8.87. The fourth-order valence-corrected chi connectivity index (χ4v) is 3.21. The van der Waals surface area contributed by atoms with E-state index in [1.807, 2.05) is 48.5 Å². The Balaban J connectivity index is 1.82. The number of nitriles is 1. The number of hydrogen-bond acceptors (Lipinski definition) is 5. The monoisotopic (exact) mass is 366 g/mol. The maximum Gasteiger partial charge on any atom is 0.139 e. The molecule has 2 aromatic heterocycles. The topological polar surface area (TPSA) is 62.0 Å². The summed E-state index contributed by atoms with van der Waals surface area (Å²) < 4.78 is 5.33. The van der Waals surface area contributed by atoms with Crippen LogP contribution < -0.4 is 9.64 Å². The average Bonchev–Trinajstić information content (AvgIpc) is 2.79. The van der Waals surface area contributed by atoms with E-state index in [1.165, 1.54) is 0 Å². The van der Waals surface area contributed by atoms with E-state index in [4.69, 9.17) is 4.74 Å². The lowest BCUT2D eigenvalue weighted by atomic mass is 9.95. The molecule has 0 saturated heterocycles. The number of benzene rings is 1. The molecule has 5 heteroatoms. The molecule has 28 heavy (non-hydrogen) atoms. The smallest absolute Gasteiger partial charge is 0.139 e. The van der Waals surface area contributed by atoms with Crippen LogP contribution in [-0.4, -0.2) is 23.6 Å². The minimum absolute atomic E-state index is 0.615. The maximum absolute atomic E-state index is 9.54. The van der Waals surface area contributed by atoms with Crippen molar-refractivity contribution in [1.82, 2.24) is 9.97 Å². The molecule has 136 valence electrons. The SMILES string of the molecule is COc1cncc(N2C=C(c3ccccn3)C=C(c3ccccc3C#N)C2)c1. The quantitative estimate of drug-likeness (QED) is 0.689. The molecule has 1 aliphatic heterocycles. The first kappa shape index (κ1) is 17.5. The molecule has 0 spiro atoms. The fraction of sp³-hybridized carbons (Fsp3) is 0.0870. The van der Waals surface area contributed by atoms with E-state index in [0.717, 1.165) is 28.1 Å². The van der Waals surface area contributed by atoms with E-state index >= 15 is 0 Å². The van der Waals surface area contributed by atoms with Gasteiger partial charge in [-0.1, -0.05) is 24.3 Å². The molecule has 0 bridgehead atoms. The molecule has 0 atom stereocenters. The van der Waals surface area contributed by atoms with Crippen LogP contribution in [0, 0.1) is 11.3 Å². The highest BCUT2D eigenvalue weighted by Gasteiger charge is 2.19. The molecule has 0 fully saturated rings. The zero-order valence-corrected chi connectivity index (χ0v) is 15.4. The summed E-state index contributed by atoms with van der Waals surface area (Å²) in [5, 5.41) is 9.54. The fourth-order valence-electron chi connectivity index (χ4n) is 3.21. The van der Waals surface area contributed by atoms with Crippen molar-refractivity contribution < 1.29 is 4.74 Å². The molecular weight excluding hydrogens is 348 g/mol. The minimum Gasteiger partial charge on any atom is -0.495 e. The molecule has 0 aliphatic carbocycles. The van der Waals surface area contributed by atoms with Crippen molar-refractivity contribution in [1.29, 1.82) is 5.26 Å². The zero-order chi connectivity index (χ0) is 19.3. The molecule has 0 unspecified atom stereocenters. The summed E-state index contributed by atoms with van der Waals surface area (Å²) in [6, 6.07) is 17.7. The second-order valence-corrected chi connectivity index (χ2v) is 6.34. The number of aromatic nitrogens is 2.